The molecule has 0 heterocycles. The highest BCUT2D eigenvalue weighted by Crippen LogP contribution is 2.31. The number of rotatable bonds is 4. The zero-order valence-corrected chi connectivity index (χ0v) is 13.1. The molecule has 5 heteroatoms. The largest absolute Gasteiger partial charge is 0.462 e. The third kappa shape index (κ3) is 3.41. The van der Waals surface area contributed by atoms with E-state index in [0.717, 1.165) is 9.32 Å². The van der Waals surface area contributed by atoms with Gasteiger partial charge in [0, 0.05) is 0 Å². The molecule has 0 aliphatic rings. The second kappa shape index (κ2) is 6.60. The van der Waals surface area contributed by atoms with E-state index in [0.29, 0.717) is 23.6 Å². The monoisotopic (exact) mass is 383 g/mol. The maximum atomic E-state index is 11.6. The smallest absolute Gasteiger partial charge is 0.338 e. The molecule has 0 bridgehead atoms. The van der Waals surface area contributed by atoms with Gasteiger partial charge in [0.1, 0.15) is 11.5 Å². The Morgan fingerprint density at radius 2 is 1.95 bits per heavy atom. The zero-order chi connectivity index (χ0) is 14.5. The predicted octanol–water partition coefficient (Wildman–Crippen LogP) is 3.84. The fraction of sp³-hybridized carbons (Fsp3) is 0.133. The van der Waals surface area contributed by atoms with Gasteiger partial charge in [0.2, 0.25) is 0 Å². The van der Waals surface area contributed by atoms with E-state index in [9.17, 15) is 4.79 Å². The van der Waals surface area contributed by atoms with Gasteiger partial charge in [-0.1, -0.05) is 12.1 Å². The van der Waals surface area contributed by atoms with Gasteiger partial charge in [-0.25, -0.2) is 4.79 Å². The standard InChI is InChI=1S/C15H14INO3/c1-2-19-15(18)10-7-8-14(12(17)9-10)20-13-6-4-3-5-11(13)16/h3-9H,2,17H2,1H3. The van der Waals surface area contributed by atoms with Crippen LogP contribution in [0.3, 0.4) is 0 Å². The Labute approximate surface area is 131 Å². The molecule has 0 unspecified atom stereocenters. The number of carbonyl (C=O) groups is 1. The molecule has 0 fully saturated rings. The minimum Gasteiger partial charge on any atom is -0.462 e. The number of halogens is 1. The van der Waals surface area contributed by atoms with Gasteiger partial charge in [-0.15, -0.1) is 0 Å². The first-order chi connectivity index (χ1) is 9.61. The molecular formula is C15H14INO3. The van der Waals surface area contributed by atoms with E-state index in [1.54, 1.807) is 25.1 Å². The molecule has 104 valence electrons. The molecular weight excluding hydrogens is 369 g/mol. The molecule has 0 radical (unpaired) electrons. The van der Waals surface area contributed by atoms with Crippen molar-refractivity contribution in [2.45, 2.75) is 6.92 Å². The van der Waals surface area contributed by atoms with Crippen LogP contribution in [0.4, 0.5) is 5.69 Å². The second-order valence-corrected chi connectivity index (χ2v) is 5.17. The number of para-hydroxylation sites is 1. The Kier molecular flexibility index (Phi) is 4.84. The maximum absolute atomic E-state index is 11.6. The third-order valence-corrected chi connectivity index (χ3v) is 3.47. The SMILES string of the molecule is CCOC(=O)c1ccc(Oc2ccccc2I)c(N)c1. The Hall–Kier alpha value is -1.76. The minimum absolute atomic E-state index is 0.333. The zero-order valence-electron chi connectivity index (χ0n) is 10.9. The fourth-order valence-corrected chi connectivity index (χ4v) is 2.13. The van der Waals surface area contributed by atoms with Crippen molar-refractivity contribution in [3.05, 3.63) is 51.6 Å². The number of hydrogen-bond acceptors (Lipinski definition) is 4. The van der Waals surface area contributed by atoms with Crippen LogP contribution < -0.4 is 10.5 Å². The van der Waals surface area contributed by atoms with Crippen molar-refractivity contribution in [1.82, 2.24) is 0 Å². The first-order valence-electron chi connectivity index (χ1n) is 6.11. The molecule has 0 amide bonds. The van der Waals surface area contributed by atoms with E-state index in [4.69, 9.17) is 15.2 Å². The second-order valence-electron chi connectivity index (χ2n) is 4.01. The first kappa shape index (κ1) is 14.6. The number of nitrogen functional groups attached to an aromatic ring is 1. The molecule has 0 aliphatic carbocycles. The molecule has 2 rings (SSSR count). The number of ether oxygens (including phenoxy) is 2. The van der Waals surface area contributed by atoms with Crippen molar-refractivity contribution in [2.24, 2.45) is 0 Å². The van der Waals surface area contributed by atoms with Gasteiger partial charge in [0.25, 0.3) is 0 Å². The number of anilines is 1. The Balaban J connectivity index is 2.22. The van der Waals surface area contributed by atoms with E-state index in [1.165, 1.54) is 0 Å². The highest BCUT2D eigenvalue weighted by Gasteiger charge is 2.11. The molecule has 4 nitrogen and oxygen atoms in total. The summed E-state index contributed by atoms with van der Waals surface area (Å²) in [5.74, 6) is 0.853. The highest BCUT2D eigenvalue weighted by atomic mass is 127. The quantitative estimate of drug-likeness (QED) is 0.495. The van der Waals surface area contributed by atoms with Crippen LogP contribution in [0, 0.1) is 3.57 Å². The van der Waals surface area contributed by atoms with Crippen molar-refractivity contribution in [2.75, 3.05) is 12.3 Å². The molecule has 20 heavy (non-hydrogen) atoms. The normalized spacial score (nSPS) is 10.1. The lowest BCUT2D eigenvalue weighted by Gasteiger charge is -2.11. The molecule has 0 atom stereocenters. The van der Waals surface area contributed by atoms with Crippen LogP contribution in [-0.2, 0) is 4.74 Å². The Bertz CT molecular complexity index is 628. The number of carbonyl (C=O) groups excluding carboxylic acids is 1. The van der Waals surface area contributed by atoms with Gasteiger partial charge in [-0.05, 0) is 59.8 Å². The summed E-state index contributed by atoms with van der Waals surface area (Å²) in [6.45, 7) is 2.09. The number of nitrogens with two attached hydrogens (primary N) is 1. The van der Waals surface area contributed by atoms with Crippen LogP contribution in [0.2, 0.25) is 0 Å². The number of benzene rings is 2. The lowest BCUT2D eigenvalue weighted by molar-refractivity contribution is 0.0526. The summed E-state index contributed by atoms with van der Waals surface area (Å²) in [5, 5.41) is 0. The lowest BCUT2D eigenvalue weighted by Crippen LogP contribution is -2.05. The number of esters is 1. The van der Waals surface area contributed by atoms with Crippen LogP contribution in [0.5, 0.6) is 11.5 Å². The van der Waals surface area contributed by atoms with E-state index in [-0.39, 0.29) is 5.97 Å². The van der Waals surface area contributed by atoms with E-state index >= 15 is 0 Å². The van der Waals surface area contributed by atoms with Gasteiger partial charge in [-0.3, -0.25) is 0 Å². The van der Waals surface area contributed by atoms with Crippen LogP contribution in [0.25, 0.3) is 0 Å². The maximum Gasteiger partial charge on any atom is 0.338 e. The summed E-state index contributed by atoms with van der Waals surface area (Å²) in [6.07, 6.45) is 0. The molecule has 0 saturated heterocycles. The van der Waals surface area contributed by atoms with Crippen LogP contribution in [-0.4, -0.2) is 12.6 Å². The van der Waals surface area contributed by atoms with Crippen LogP contribution >= 0.6 is 22.6 Å². The summed E-state index contributed by atoms with van der Waals surface area (Å²) in [7, 11) is 0. The molecule has 2 aromatic carbocycles. The fourth-order valence-electron chi connectivity index (χ4n) is 1.63. The third-order valence-electron chi connectivity index (χ3n) is 2.58. The van der Waals surface area contributed by atoms with Crippen molar-refractivity contribution in [1.29, 1.82) is 0 Å². The van der Waals surface area contributed by atoms with Gasteiger partial charge in [0.05, 0.1) is 21.4 Å². The Morgan fingerprint density at radius 3 is 2.60 bits per heavy atom. The van der Waals surface area contributed by atoms with Gasteiger partial charge < -0.3 is 15.2 Å². The average molecular weight is 383 g/mol. The van der Waals surface area contributed by atoms with Crippen molar-refractivity contribution >= 4 is 34.2 Å². The highest BCUT2D eigenvalue weighted by molar-refractivity contribution is 14.1. The van der Waals surface area contributed by atoms with Crippen molar-refractivity contribution in [3.8, 4) is 11.5 Å². The topological polar surface area (TPSA) is 61.5 Å². The summed E-state index contributed by atoms with van der Waals surface area (Å²) in [4.78, 5) is 11.6. The summed E-state index contributed by atoms with van der Waals surface area (Å²) in [5.41, 5.74) is 6.73. The van der Waals surface area contributed by atoms with Crippen molar-refractivity contribution in [3.63, 3.8) is 0 Å². The van der Waals surface area contributed by atoms with E-state index in [1.807, 2.05) is 24.3 Å². The summed E-state index contributed by atoms with van der Waals surface area (Å²) < 4.78 is 11.7. The molecule has 0 aromatic heterocycles. The summed E-state index contributed by atoms with van der Waals surface area (Å²) >= 11 is 2.19. The molecule has 2 aromatic rings. The number of hydrogen-bond donors (Lipinski definition) is 1. The first-order valence-corrected chi connectivity index (χ1v) is 7.18. The molecule has 0 spiro atoms. The predicted molar refractivity (Wildman–Crippen MR) is 86.0 cm³/mol. The summed E-state index contributed by atoms with van der Waals surface area (Å²) in [6, 6.07) is 12.5. The van der Waals surface area contributed by atoms with Gasteiger partial charge >= 0.3 is 5.97 Å². The molecule has 0 saturated carbocycles. The van der Waals surface area contributed by atoms with Crippen molar-refractivity contribution < 1.29 is 14.3 Å². The molecule has 0 aliphatic heterocycles. The Morgan fingerprint density at radius 1 is 1.20 bits per heavy atom. The van der Waals surface area contributed by atoms with Crippen LogP contribution in [0.1, 0.15) is 17.3 Å². The van der Waals surface area contributed by atoms with E-state index < -0.39 is 0 Å². The average Bonchev–Trinajstić information content (AvgIpc) is 2.43. The molecule has 2 N–H and O–H groups in total. The van der Waals surface area contributed by atoms with Gasteiger partial charge in [-0.2, -0.15) is 0 Å². The minimum atomic E-state index is -0.389. The lowest BCUT2D eigenvalue weighted by atomic mass is 10.2. The van der Waals surface area contributed by atoms with Gasteiger partial charge in [0.15, 0.2) is 0 Å². The van der Waals surface area contributed by atoms with Crippen LogP contribution in [0.15, 0.2) is 42.5 Å². The van der Waals surface area contributed by atoms with E-state index in [2.05, 4.69) is 22.6 Å².